The van der Waals surface area contributed by atoms with E-state index >= 15 is 0 Å². The molecule has 1 saturated carbocycles. The van der Waals surface area contributed by atoms with E-state index in [2.05, 4.69) is 10.3 Å². The van der Waals surface area contributed by atoms with Gasteiger partial charge >= 0.3 is 0 Å². The molecule has 0 saturated heterocycles. The zero-order valence-electron chi connectivity index (χ0n) is 11.1. The van der Waals surface area contributed by atoms with Crippen molar-refractivity contribution in [3.05, 3.63) is 29.1 Å². The number of nitrogens with zero attached hydrogens (tertiary/aromatic N) is 1. The minimum atomic E-state index is -0.200. The number of carbonyl (C=O) groups is 1. The van der Waals surface area contributed by atoms with Gasteiger partial charge in [-0.1, -0.05) is 12.8 Å². The highest BCUT2D eigenvalue weighted by molar-refractivity contribution is 5.95. The number of nitrogens with two attached hydrogens (primary N) is 1. The number of hydrogen-bond acceptors (Lipinski definition) is 3. The molecule has 1 aromatic rings. The van der Waals surface area contributed by atoms with Gasteiger partial charge in [-0.3, -0.25) is 9.78 Å². The summed E-state index contributed by atoms with van der Waals surface area (Å²) < 4.78 is 0. The molecule has 4 nitrogen and oxygen atoms in total. The van der Waals surface area contributed by atoms with Crippen molar-refractivity contribution in [2.24, 2.45) is 5.73 Å². The van der Waals surface area contributed by atoms with Crippen molar-refractivity contribution in [3.8, 4) is 0 Å². The van der Waals surface area contributed by atoms with Gasteiger partial charge in [0, 0.05) is 12.2 Å². The number of carbonyl (C=O) groups excluding carboxylic acids is 1. The third-order valence-corrected chi connectivity index (χ3v) is 3.80. The van der Waals surface area contributed by atoms with Gasteiger partial charge in [0.2, 0.25) is 0 Å². The summed E-state index contributed by atoms with van der Waals surface area (Å²) in [5.41, 5.74) is 7.98. The SMILES string of the molecule is Cc1ccc(C(=O)NC2(CN)CCCC2)c(C)n1. The highest BCUT2D eigenvalue weighted by atomic mass is 16.1. The number of amides is 1. The number of hydrogen-bond donors (Lipinski definition) is 2. The molecule has 0 unspecified atom stereocenters. The lowest BCUT2D eigenvalue weighted by molar-refractivity contribution is 0.0902. The summed E-state index contributed by atoms with van der Waals surface area (Å²) in [6, 6.07) is 3.71. The van der Waals surface area contributed by atoms with Crippen molar-refractivity contribution in [1.29, 1.82) is 0 Å². The lowest BCUT2D eigenvalue weighted by Gasteiger charge is -2.28. The van der Waals surface area contributed by atoms with Crippen molar-refractivity contribution in [2.75, 3.05) is 6.54 Å². The Kier molecular flexibility index (Phi) is 3.66. The second-order valence-electron chi connectivity index (χ2n) is 5.23. The van der Waals surface area contributed by atoms with Crippen molar-refractivity contribution in [3.63, 3.8) is 0 Å². The smallest absolute Gasteiger partial charge is 0.253 e. The van der Waals surface area contributed by atoms with Gasteiger partial charge in [0.1, 0.15) is 0 Å². The maximum absolute atomic E-state index is 12.3. The average Bonchev–Trinajstić information content (AvgIpc) is 2.78. The van der Waals surface area contributed by atoms with Gasteiger partial charge in [-0.05, 0) is 38.8 Å². The van der Waals surface area contributed by atoms with Gasteiger partial charge in [0.15, 0.2) is 0 Å². The lowest BCUT2D eigenvalue weighted by atomic mass is 9.97. The minimum Gasteiger partial charge on any atom is -0.345 e. The molecule has 2 rings (SSSR count). The molecule has 0 aliphatic heterocycles. The van der Waals surface area contributed by atoms with E-state index in [0.717, 1.165) is 37.1 Å². The van der Waals surface area contributed by atoms with Crippen molar-refractivity contribution in [2.45, 2.75) is 45.1 Å². The Morgan fingerprint density at radius 2 is 2.06 bits per heavy atom. The summed E-state index contributed by atoms with van der Waals surface area (Å²) in [5.74, 6) is -0.0487. The van der Waals surface area contributed by atoms with E-state index < -0.39 is 0 Å². The Hall–Kier alpha value is -1.42. The number of aromatic nitrogens is 1. The zero-order chi connectivity index (χ0) is 13.2. The van der Waals surface area contributed by atoms with Crippen LogP contribution < -0.4 is 11.1 Å². The summed E-state index contributed by atoms with van der Waals surface area (Å²) >= 11 is 0. The maximum Gasteiger partial charge on any atom is 0.253 e. The van der Waals surface area contributed by atoms with Crippen molar-refractivity contribution >= 4 is 5.91 Å². The molecule has 98 valence electrons. The molecule has 0 aromatic carbocycles. The Balaban J connectivity index is 2.16. The Labute approximate surface area is 108 Å². The van der Waals surface area contributed by atoms with Gasteiger partial charge in [0.25, 0.3) is 5.91 Å². The van der Waals surface area contributed by atoms with Crippen LogP contribution in [0.25, 0.3) is 0 Å². The van der Waals surface area contributed by atoms with Gasteiger partial charge in [-0.15, -0.1) is 0 Å². The quantitative estimate of drug-likeness (QED) is 0.854. The molecular weight excluding hydrogens is 226 g/mol. The molecule has 0 spiro atoms. The van der Waals surface area contributed by atoms with E-state index in [1.807, 2.05) is 26.0 Å². The van der Waals surface area contributed by atoms with E-state index in [1.165, 1.54) is 0 Å². The monoisotopic (exact) mass is 247 g/mol. The van der Waals surface area contributed by atoms with E-state index in [0.29, 0.717) is 12.1 Å². The Morgan fingerprint density at radius 3 is 2.61 bits per heavy atom. The third kappa shape index (κ3) is 2.53. The molecule has 1 amide bonds. The van der Waals surface area contributed by atoms with Crippen LogP contribution in [0.15, 0.2) is 12.1 Å². The number of pyridine rings is 1. The number of rotatable bonds is 3. The van der Waals surface area contributed by atoms with E-state index in [1.54, 1.807) is 0 Å². The van der Waals surface area contributed by atoms with Crippen LogP contribution in [-0.4, -0.2) is 23.0 Å². The molecule has 1 aliphatic carbocycles. The Morgan fingerprint density at radius 1 is 1.39 bits per heavy atom. The van der Waals surface area contributed by atoms with Gasteiger partial charge < -0.3 is 11.1 Å². The van der Waals surface area contributed by atoms with Crippen LogP contribution >= 0.6 is 0 Å². The van der Waals surface area contributed by atoms with E-state index in [4.69, 9.17) is 5.73 Å². The second kappa shape index (κ2) is 5.06. The lowest BCUT2D eigenvalue weighted by Crippen LogP contribution is -2.51. The third-order valence-electron chi connectivity index (χ3n) is 3.80. The fourth-order valence-electron chi connectivity index (χ4n) is 2.67. The first-order valence-electron chi connectivity index (χ1n) is 6.53. The van der Waals surface area contributed by atoms with Gasteiger partial charge in [-0.2, -0.15) is 0 Å². The topological polar surface area (TPSA) is 68.0 Å². The summed E-state index contributed by atoms with van der Waals surface area (Å²) in [7, 11) is 0. The van der Waals surface area contributed by atoms with Crippen molar-refractivity contribution < 1.29 is 4.79 Å². The average molecular weight is 247 g/mol. The summed E-state index contributed by atoms with van der Waals surface area (Å²) in [5, 5.41) is 3.11. The standard InChI is InChI=1S/C14H21N3O/c1-10-5-6-12(11(2)16-10)13(18)17-14(9-15)7-3-4-8-14/h5-6H,3-4,7-9,15H2,1-2H3,(H,17,18). The predicted octanol–water partition coefficient (Wildman–Crippen LogP) is 1.70. The first kappa shape index (κ1) is 13.0. The van der Waals surface area contributed by atoms with E-state index in [9.17, 15) is 4.79 Å². The first-order valence-corrected chi connectivity index (χ1v) is 6.53. The van der Waals surface area contributed by atoms with Crippen LogP contribution in [0.4, 0.5) is 0 Å². The molecule has 3 N–H and O–H groups in total. The van der Waals surface area contributed by atoms with Crippen LogP contribution in [-0.2, 0) is 0 Å². The van der Waals surface area contributed by atoms with Crippen LogP contribution in [0.3, 0.4) is 0 Å². The molecule has 0 bridgehead atoms. The van der Waals surface area contributed by atoms with E-state index in [-0.39, 0.29) is 11.4 Å². The summed E-state index contributed by atoms with van der Waals surface area (Å²) in [4.78, 5) is 16.6. The van der Waals surface area contributed by atoms with Crippen LogP contribution in [0.2, 0.25) is 0 Å². The van der Waals surface area contributed by atoms with Crippen LogP contribution in [0.5, 0.6) is 0 Å². The first-order chi connectivity index (χ1) is 8.56. The Bertz CT molecular complexity index is 450. The summed E-state index contributed by atoms with van der Waals surface area (Å²) in [6.45, 7) is 4.30. The summed E-state index contributed by atoms with van der Waals surface area (Å²) in [6.07, 6.45) is 4.24. The van der Waals surface area contributed by atoms with Crippen LogP contribution in [0.1, 0.15) is 47.4 Å². The van der Waals surface area contributed by atoms with Gasteiger partial charge in [0.05, 0.1) is 16.8 Å². The van der Waals surface area contributed by atoms with Crippen molar-refractivity contribution in [1.82, 2.24) is 10.3 Å². The second-order valence-corrected chi connectivity index (χ2v) is 5.23. The minimum absolute atomic E-state index is 0.0487. The molecule has 4 heteroatoms. The molecule has 1 aliphatic rings. The molecule has 1 heterocycles. The predicted molar refractivity (Wildman–Crippen MR) is 71.4 cm³/mol. The largest absolute Gasteiger partial charge is 0.345 e. The highest BCUT2D eigenvalue weighted by Gasteiger charge is 2.34. The zero-order valence-corrected chi connectivity index (χ0v) is 11.1. The number of aryl methyl sites for hydroxylation is 2. The normalized spacial score (nSPS) is 17.7. The molecule has 1 fully saturated rings. The molecule has 0 atom stereocenters. The molecule has 0 radical (unpaired) electrons. The molecule has 1 aromatic heterocycles. The fourth-order valence-corrected chi connectivity index (χ4v) is 2.67. The molecular formula is C14H21N3O. The fraction of sp³-hybridized carbons (Fsp3) is 0.571. The maximum atomic E-state index is 12.3. The number of nitrogens with one attached hydrogen (secondary N) is 1. The highest BCUT2D eigenvalue weighted by Crippen LogP contribution is 2.29. The molecule has 18 heavy (non-hydrogen) atoms. The van der Waals surface area contributed by atoms with Crippen LogP contribution in [0, 0.1) is 13.8 Å². The van der Waals surface area contributed by atoms with Gasteiger partial charge in [-0.25, -0.2) is 0 Å².